The lowest BCUT2D eigenvalue weighted by molar-refractivity contribution is -0.121. The average Bonchev–Trinajstić information content (AvgIpc) is 2.66. The van der Waals surface area contributed by atoms with Crippen LogP contribution < -0.4 is 14.5 Å². The minimum absolute atomic E-state index is 0.324. The molecule has 28 heavy (non-hydrogen) atoms. The van der Waals surface area contributed by atoms with Crippen LogP contribution in [-0.4, -0.2) is 39.4 Å². The maximum absolute atomic E-state index is 13.0. The molecule has 0 aliphatic carbocycles. The molecule has 0 spiro atoms. The molecule has 0 radical (unpaired) electrons. The molecule has 2 rings (SSSR count). The van der Waals surface area contributed by atoms with Crippen molar-refractivity contribution in [1.29, 1.82) is 0 Å². The number of hydrazone groups is 1. The molecule has 1 amide bonds. The Hall–Kier alpha value is -2.94. The zero-order valence-electron chi connectivity index (χ0n) is 16.0. The van der Waals surface area contributed by atoms with Crippen molar-refractivity contribution in [1.82, 2.24) is 5.43 Å². The van der Waals surface area contributed by atoms with Crippen molar-refractivity contribution in [3.8, 4) is 5.75 Å². The molecule has 1 atom stereocenters. The topological polar surface area (TPSA) is 88.1 Å². The number of amides is 1. The number of hydrogen-bond donors (Lipinski definition) is 1. The van der Waals surface area contributed by atoms with E-state index in [0.717, 1.165) is 10.6 Å². The van der Waals surface area contributed by atoms with Gasteiger partial charge in [0.05, 0.1) is 24.8 Å². The third-order valence-corrected chi connectivity index (χ3v) is 5.25. The van der Waals surface area contributed by atoms with Crippen LogP contribution in [0.5, 0.6) is 5.75 Å². The van der Waals surface area contributed by atoms with Crippen LogP contribution in [0.3, 0.4) is 0 Å². The van der Waals surface area contributed by atoms with Gasteiger partial charge in [-0.2, -0.15) is 5.10 Å². The molecule has 150 valence electrons. The Balaban J connectivity index is 2.21. The molecule has 0 saturated heterocycles. The summed E-state index contributed by atoms with van der Waals surface area (Å²) in [6.07, 6.45) is 1.02. The smallest absolute Gasteiger partial charge is 0.263 e. The molecule has 9 heteroatoms. The maximum atomic E-state index is 13.0. The zero-order chi connectivity index (χ0) is 20.9. The highest BCUT2D eigenvalue weighted by molar-refractivity contribution is 7.92. The highest BCUT2D eigenvalue weighted by atomic mass is 32.2. The Morgan fingerprint density at radius 1 is 1.14 bits per heavy atom. The summed E-state index contributed by atoms with van der Waals surface area (Å²) in [6, 6.07) is 10.9. The van der Waals surface area contributed by atoms with E-state index in [1.807, 2.05) is 0 Å². The van der Waals surface area contributed by atoms with Crippen LogP contribution in [-0.2, 0) is 14.8 Å². The molecule has 0 aliphatic rings. The predicted molar refractivity (Wildman–Crippen MR) is 107 cm³/mol. The first kappa shape index (κ1) is 21.4. The van der Waals surface area contributed by atoms with Crippen molar-refractivity contribution in [3.63, 3.8) is 0 Å². The van der Waals surface area contributed by atoms with Crippen molar-refractivity contribution in [2.24, 2.45) is 5.10 Å². The third-order valence-electron chi connectivity index (χ3n) is 4.01. The molecule has 0 saturated carbocycles. The number of hydrogen-bond acceptors (Lipinski definition) is 5. The number of anilines is 1. The summed E-state index contributed by atoms with van der Waals surface area (Å²) in [5, 5.41) is 3.98. The van der Waals surface area contributed by atoms with Crippen molar-refractivity contribution >= 4 is 27.3 Å². The van der Waals surface area contributed by atoms with Gasteiger partial charge in [0, 0.05) is 0 Å². The van der Waals surface area contributed by atoms with Gasteiger partial charge < -0.3 is 4.74 Å². The molecule has 0 unspecified atom stereocenters. The fraction of sp³-hybridized carbons (Fsp3) is 0.263. The van der Waals surface area contributed by atoms with E-state index in [9.17, 15) is 17.6 Å². The number of sulfonamides is 1. The van der Waals surface area contributed by atoms with Gasteiger partial charge in [-0.15, -0.1) is 0 Å². The fourth-order valence-electron chi connectivity index (χ4n) is 2.53. The second-order valence-corrected chi connectivity index (χ2v) is 7.97. The lowest BCUT2D eigenvalue weighted by atomic mass is 10.1. The first-order valence-corrected chi connectivity index (χ1v) is 10.2. The van der Waals surface area contributed by atoms with Gasteiger partial charge in [0.2, 0.25) is 10.0 Å². The van der Waals surface area contributed by atoms with E-state index < -0.39 is 22.0 Å². The van der Waals surface area contributed by atoms with Crippen molar-refractivity contribution in [2.75, 3.05) is 17.7 Å². The lowest BCUT2D eigenvalue weighted by Gasteiger charge is -2.27. The molecule has 0 heterocycles. The quantitative estimate of drug-likeness (QED) is 0.564. The van der Waals surface area contributed by atoms with Gasteiger partial charge in [-0.3, -0.25) is 9.10 Å². The van der Waals surface area contributed by atoms with Gasteiger partial charge in [-0.25, -0.2) is 18.2 Å². The number of ether oxygens (including phenoxy) is 1. The number of benzene rings is 2. The van der Waals surface area contributed by atoms with Crippen LogP contribution in [0.4, 0.5) is 10.1 Å². The highest BCUT2D eigenvalue weighted by Gasteiger charge is 2.29. The molecule has 0 aromatic heterocycles. The third kappa shape index (κ3) is 5.29. The summed E-state index contributed by atoms with van der Waals surface area (Å²) < 4.78 is 43.6. The van der Waals surface area contributed by atoms with E-state index in [4.69, 9.17) is 4.74 Å². The lowest BCUT2D eigenvalue weighted by Crippen LogP contribution is -2.46. The number of halogens is 1. The van der Waals surface area contributed by atoms with E-state index in [1.165, 1.54) is 38.3 Å². The van der Waals surface area contributed by atoms with Crippen molar-refractivity contribution in [2.45, 2.75) is 19.9 Å². The second-order valence-electron chi connectivity index (χ2n) is 6.11. The van der Waals surface area contributed by atoms with Gasteiger partial charge in [0.1, 0.15) is 17.6 Å². The summed E-state index contributed by atoms with van der Waals surface area (Å²) in [5.74, 6) is -0.422. The van der Waals surface area contributed by atoms with Gasteiger partial charge in [0.15, 0.2) is 0 Å². The molecule has 2 aromatic carbocycles. The number of carbonyl (C=O) groups is 1. The minimum Gasteiger partial charge on any atom is -0.497 e. The van der Waals surface area contributed by atoms with E-state index in [0.29, 0.717) is 22.7 Å². The largest absolute Gasteiger partial charge is 0.497 e. The first-order valence-electron chi connectivity index (χ1n) is 8.37. The maximum Gasteiger partial charge on any atom is 0.263 e. The minimum atomic E-state index is -3.74. The molecule has 0 bridgehead atoms. The van der Waals surface area contributed by atoms with Crippen molar-refractivity contribution in [3.05, 3.63) is 59.9 Å². The number of methoxy groups -OCH3 is 1. The van der Waals surface area contributed by atoms with Crippen molar-refractivity contribution < 1.29 is 22.3 Å². The zero-order valence-corrected chi connectivity index (χ0v) is 16.8. The molecule has 0 fully saturated rings. The number of carbonyl (C=O) groups excluding carboxylic acids is 1. The molecule has 0 aliphatic heterocycles. The van der Waals surface area contributed by atoms with E-state index >= 15 is 0 Å². The monoisotopic (exact) mass is 407 g/mol. The van der Waals surface area contributed by atoms with Gasteiger partial charge >= 0.3 is 0 Å². The number of rotatable bonds is 7. The number of nitrogens with one attached hydrogen (secondary N) is 1. The van der Waals surface area contributed by atoms with Crippen LogP contribution in [0.1, 0.15) is 19.4 Å². The fourth-order valence-corrected chi connectivity index (χ4v) is 3.70. The molecular weight excluding hydrogens is 385 g/mol. The summed E-state index contributed by atoms with van der Waals surface area (Å²) in [5.41, 5.74) is 3.77. The number of nitrogens with zero attached hydrogens (tertiary/aromatic N) is 2. The average molecular weight is 407 g/mol. The summed E-state index contributed by atoms with van der Waals surface area (Å²) in [4.78, 5) is 12.5. The van der Waals surface area contributed by atoms with Gasteiger partial charge in [-0.1, -0.05) is 12.1 Å². The van der Waals surface area contributed by atoms with E-state index in [2.05, 4.69) is 10.5 Å². The van der Waals surface area contributed by atoms with Crippen LogP contribution in [0.25, 0.3) is 0 Å². The summed E-state index contributed by atoms with van der Waals surface area (Å²) >= 11 is 0. The summed E-state index contributed by atoms with van der Waals surface area (Å²) in [7, 11) is -2.23. The van der Waals surface area contributed by atoms with Crippen LogP contribution in [0.2, 0.25) is 0 Å². The Morgan fingerprint density at radius 2 is 1.71 bits per heavy atom. The molecule has 1 N–H and O–H groups in total. The Morgan fingerprint density at radius 3 is 2.21 bits per heavy atom. The normalized spacial score (nSPS) is 13.0. The first-order chi connectivity index (χ1) is 13.1. The predicted octanol–water partition coefficient (Wildman–Crippen LogP) is 2.53. The second kappa shape index (κ2) is 8.83. The highest BCUT2D eigenvalue weighted by Crippen LogP contribution is 2.23. The summed E-state index contributed by atoms with van der Waals surface area (Å²) in [6.45, 7) is 3.11. The Bertz CT molecular complexity index is 958. The van der Waals surface area contributed by atoms with Crippen LogP contribution in [0.15, 0.2) is 53.6 Å². The van der Waals surface area contributed by atoms with Gasteiger partial charge in [-0.05, 0) is 55.8 Å². The van der Waals surface area contributed by atoms with Crippen LogP contribution >= 0.6 is 0 Å². The van der Waals surface area contributed by atoms with E-state index in [1.54, 1.807) is 31.2 Å². The Kier molecular flexibility index (Phi) is 6.74. The standard InChI is InChI=1S/C19H22FN3O4S/c1-13(15-5-7-16(20)8-6-15)21-22-19(24)14(2)23(28(4,25)26)17-9-11-18(27-3)12-10-17/h5-12,14H,1-4H3,(H,22,24)/b21-13-/t14-/m1/s1. The SMILES string of the molecule is COc1ccc(N([C@H](C)C(=O)N/N=C(/C)c2ccc(F)cc2)S(C)(=O)=O)cc1. The van der Waals surface area contributed by atoms with Gasteiger partial charge in [0.25, 0.3) is 5.91 Å². The Labute approximate surface area is 163 Å². The molecule has 7 nitrogen and oxygen atoms in total. The molecular formula is C19H22FN3O4S. The van der Waals surface area contributed by atoms with Crippen LogP contribution in [0, 0.1) is 5.82 Å². The van der Waals surface area contributed by atoms with E-state index in [-0.39, 0.29) is 5.82 Å². The molecule has 2 aromatic rings.